The molecule has 0 aromatic heterocycles. The van der Waals surface area contributed by atoms with Gasteiger partial charge in [-0.1, -0.05) is 19.6 Å². The molecule has 2 nitrogen and oxygen atoms in total. The zero-order chi connectivity index (χ0) is 7.33. The monoisotopic (exact) mass is 147 g/mol. The summed E-state index contributed by atoms with van der Waals surface area (Å²) in [6, 6.07) is 0. The third-order valence-corrected chi connectivity index (χ3v) is 1.87. The van der Waals surface area contributed by atoms with E-state index in [1.807, 2.05) is 0 Å². The van der Waals surface area contributed by atoms with E-state index in [1.165, 1.54) is 0 Å². The second-order valence-electron chi connectivity index (χ2n) is 3.40. The van der Waals surface area contributed by atoms with Crippen LogP contribution in [-0.4, -0.2) is 27.5 Å². The van der Waals surface area contributed by atoms with Crippen LogP contribution < -0.4 is 5.73 Å². The first-order valence-corrected chi connectivity index (χ1v) is 7.05. The summed E-state index contributed by atoms with van der Waals surface area (Å²) in [5.41, 5.74) is 5.25. The molecular formula is C6H17NOSi. The molecule has 0 rings (SSSR count). The third-order valence-electron chi connectivity index (χ3n) is 0.797. The highest BCUT2D eigenvalue weighted by atomic mass is 28.3. The molecule has 0 aliphatic rings. The van der Waals surface area contributed by atoms with Crippen molar-refractivity contribution in [1.29, 1.82) is 0 Å². The Morgan fingerprint density at radius 1 is 1.33 bits per heavy atom. The van der Waals surface area contributed by atoms with Crippen LogP contribution >= 0.6 is 0 Å². The first kappa shape index (κ1) is 9.14. The van der Waals surface area contributed by atoms with Crippen LogP contribution in [0.25, 0.3) is 0 Å². The van der Waals surface area contributed by atoms with Crippen LogP contribution in [0.4, 0.5) is 0 Å². The molecule has 0 aliphatic carbocycles. The van der Waals surface area contributed by atoms with E-state index < -0.39 is 8.07 Å². The molecule has 0 aromatic rings. The van der Waals surface area contributed by atoms with E-state index in [4.69, 9.17) is 10.5 Å². The van der Waals surface area contributed by atoms with Gasteiger partial charge in [0.2, 0.25) is 0 Å². The van der Waals surface area contributed by atoms with Crippen LogP contribution in [0.1, 0.15) is 0 Å². The molecule has 0 spiro atoms. The highest BCUT2D eigenvalue weighted by Gasteiger charge is 2.11. The molecule has 9 heavy (non-hydrogen) atoms. The van der Waals surface area contributed by atoms with E-state index in [1.54, 1.807) is 0 Å². The van der Waals surface area contributed by atoms with Crippen molar-refractivity contribution < 1.29 is 4.74 Å². The van der Waals surface area contributed by atoms with E-state index in [0.717, 1.165) is 6.23 Å². The summed E-state index contributed by atoms with van der Waals surface area (Å²) < 4.78 is 5.28. The Hall–Kier alpha value is 0.137. The lowest BCUT2D eigenvalue weighted by molar-refractivity contribution is 0.181. The molecule has 56 valence electrons. The number of nitrogens with two attached hydrogens (primary N) is 1. The Labute approximate surface area is 58.4 Å². The molecule has 0 saturated carbocycles. The van der Waals surface area contributed by atoms with Gasteiger partial charge in [0.15, 0.2) is 0 Å². The lowest BCUT2D eigenvalue weighted by Crippen LogP contribution is -2.29. The van der Waals surface area contributed by atoms with Crippen LogP contribution in [0.3, 0.4) is 0 Å². The van der Waals surface area contributed by atoms with Gasteiger partial charge >= 0.3 is 0 Å². The minimum Gasteiger partial charge on any atom is -0.383 e. The van der Waals surface area contributed by atoms with Crippen molar-refractivity contribution in [2.45, 2.75) is 19.6 Å². The minimum absolute atomic E-state index is 0.643. The van der Waals surface area contributed by atoms with Gasteiger partial charge in [-0.05, 0) is 0 Å². The van der Waals surface area contributed by atoms with Gasteiger partial charge in [0.1, 0.15) is 0 Å². The van der Waals surface area contributed by atoms with E-state index in [2.05, 4.69) is 19.6 Å². The van der Waals surface area contributed by atoms with E-state index >= 15 is 0 Å². The maximum atomic E-state index is 5.28. The molecule has 0 aliphatic heterocycles. The summed E-state index contributed by atoms with van der Waals surface area (Å²) in [5, 5.41) is 0. The van der Waals surface area contributed by atoms with E-state index in [-0.39, 0.29) is 0 Å². The maximum Gasteiger partial charge on any atom is 0.0746 e. The standard InChI is InChI=1S/C6H17NOSi/c1-9(2,3)6-8-5-4-7/h4-7H2,1-3H3. The molecule has 0 radical (unpaired) electrons. The summed E-state index contributed by atoms with van der Waals surface area (Å²) in [4.78, 5) is 0. The first-order chi connectivity index (χ1) is 4.06. The Morgan fingerprint density at radius 3 is 2.22 bits per heavy atom. The summed E-state index contributed by atoms with van der Waals surface area (Å²) in [7, 11) is -0.972. The fraction of sp³-hybridized carbons (Fsp3) is 1.00. The lowest BCUT2D eigenvalue weighted by Gasteiger charge is -2.14. The molecule has 0 aromatic carbocycles. The predicted octanol–water partition coefficient (Wildman–Crippen LogP) is 0.839. The molecule has 2 N–H and O–H groups in total. The van der Waals surface area contributed by atoms with Gasteiger partial charge in [-0.3, -0.25) is 0 Å². The maximum absolute atomic E-state index is 5.28. The molecule has 0 saturated heterocycles. The van der Waals surface area contributed by atoms with Gasteiger partial charge in [0.05, 0.1) is 14.7 Å². The van der Waals surface area contributed by atoms with Crippen molar-refractivity contribution in [1.82, 2.24) is 0 Å². The van der Waals surface area contributed by atoms with Gasteiger partial charge < -0.3 is 10.5 Å². The summed E-state index contributed by atoms with van der Waals surface area (Å²) in [6.07, 6.45) is 0.935. The lowest BCUT2D eigenvalue weighted by atomic mass is 10.7. The Bertz CT molecular complexity index is 69.9. The molecule has 0 heterocycles. The second kappa shape index (κ2) is 4.03. The van der Waals surface area contributed by atoms with Crippen LogP contribution in [-0.2, 0) is 4.74 Å². The normalized spacial score (nSPS) is 12.0. The van der Waals surface area contributed by atoms with Crippen molar-refractivity contribution in [3.63, 3.8) is 0 Å². The second-order valence-corrected chi connectivity index (χ2v) is 8.81. The van der Waals surface area contributed by atoms with Crippen LogP contribution in [0, 0.1) is 0 Å². The van der Waals surface area contributed by atoms with Crippen molar-refractivity contribution in [3.05, 3.63) is 0 Å². The van der Waals surface area contributed by atoms with Crippen molar-refractivity contribution in [2.75, 3.05) is 19.4 Å². The average Bonchev–Trinajstić information content (AvgIpc) is 1.63. The molecular weight excluding hydrogens is 130 g/mol. The van der Waals surface area contributed by atoms with E-state index in [9.17, 15) is 0 Å². The fourth-order valence-electron chi connectivity index (χ4n) is 0.462. The van der Waals surface area contributed by atoms with Crippen molar-refractivity contribution in [2.24, 2.45) is 5.73 Å². The molecule has 0 atom stereocenters. The van der Waals surface area contributed by atoms with E-state index in [0.29, 0.717) is 13.2 Å². The Balaban J connectivity index is 3.07. The van der Waals surface area contributed by atoms with Gasteiger partial charge in [-0.25, -0.2) is 0 Å². The smallest absolute Gasteiger partial charge is 0.0746 e. The van der Waals surface area contributed by atoms with Crippen molar-refractivity contribution >= 4 is 8.07 Å². The topological polar surface area (TPSA) is 35.2 Å². The van der Waals surface area contributed by atoms with Gasteiger partial charge in [0.25, 0.3) is 0 Å². The van der Waals surface area contributed by atoms with Gasteiger partial charge in [-0.15, -0.1) is 0 Å². The molecule has 3 heteroatoms. The Kier molecular flexibility index (Phi) is 4.09. The van der Waals surface area contributed by atoms with Crippen LogP contribution in [0.5, 0.6) is 0 Å². The molecule has 0 bridgehead atoms. The first-order valence-electron chi connectivity index (χ1n) is 3.34. The number of ether oxygens (including phenoxy) is 1. The SMILES string of the molecule is C[Si](C)(C)COCCN. The highest BCUT2D eigenvalue weighted by Crippen LogP contribution is 1.99. The average molecular weight is 147 g/mol. The number of hydrogen-bond acceptors (Lipinski definition) is 2. The summed E-state index contributed by atoms with van der Waals surface area (Å²) in [5.74, 6) is 0. The minimum atomic E-state index is -0.972. The Morgan fingerprint density at radius 2 is 1.89 bits per heavy atom. The molecule has 0 unspecified atom stereocenters. The highest BCUT2D eigenvalue weighted by molar-refractivity contribution is 6.76. The quantitative estimate of drug-likeness (QED) is 0.472. The van der Waals surface area contributed by atoms with Crippen LogP contribution in [0.15, 0.2) is 0 Å². The van der Waals surface area contributed by atoms with Crippen molar-refractivity contribution in [3.8, 4) is 0 Å². The number of hydrogen-bond donors (Lipinski definition) is 1. The molecule has 0 amide bonds. The van der Waals surface area contributed by atoms with Crippen LogP contribution in [0.2, 0.25) is 19.6 Å². The van der Waals surface area contributed by atoms with Gasteiger partial charge in [0, 0.05) is 12.8 Å². The third kappa shape index (κ3) is 8.14. The summed E-state index contributed by atoms with van der Waals surface area (Å²) >= 11 is 0. The summed E-state index contributed by atoms with van der Waals surface area (Å²) in [6.45, 7) is 8.20. The largest absolute Gasteiger partial charge is 0.383 e. The van der Waals surface area contributed by atoms with Gasteiger partial charge in [-0.2, -0.15) is 0 Å². The molecule has 0 fully saturated rings. The fourth-order valence-corrected chi connectivity index (χ4v) is 1.22. The number of rotatable bonds is 4. The zero-order valence-electron chi connectivity index (χ0n) is 6.61. The predicted molar refractivity (Wildman–Crippen MR) is 43.2 cm³/mol. The zero-order valence-corrected chi connectivity index (χ0v) is 7.61.